The summed E-state index contributed by atoms with van der Waals surface area (Å²) in [7, 11) is 2.80. The molecule has 164 valence electrons. The molecule has 1 saturated heterocycles. The molecule has 3 atom stereocenters. The van der Waals surface area contributed by atoms with Crippen molar-refractivity contribution < 1.29 is 27.5 Å². The van der Waals surface area contributed by atoms with E-state index in [1.54, 1.807) is 11.9 Å². The number of hydrogen-bond acceptors (Lipinski definition) is 4. The standard InChI is InChI=1S/C23H23F3N2O3/c1-27-17-11-7-6-10-16(17)22(13-12-15-8-4-3-5-9-15)14-18(19(29)31-2)28(20(22)27)21(30)23(24,25)26/h3-11,18,20H,12-14H2,1-2H3/t18-,20-,22-/m0/s1. The van der Waals surface area contributed by atoms with E-state index in [9.17, 15) is 22.8 Å². The molecule has 1 amide bonds. The van der Waals surface area contributed by atoms with E-state index >= 15 is 0 Å². The van der Waals surface area contributed by atoms with E-state index < -0.39 is 35.7 Å². The lowest BCUT2D eigenvalue weighted by Crippen LogP contribution is -2.57. The molecule has 31 heavy (non-hydrogen) atoms. The molecular formula is C23H23F3N2O3. The van der Waals surface area contributed by atoms with Gasteiger partial charge in [-0.2, -0.15) is 13.2 Å². The summed E-state index contributed by atoms with van der Waals surface area (Å²) in [4.78, 5) is 27.4. The zero-order chi connectivity index (χ0) is 22.4. The normalized spacial score (nSPS) is 24.7. The maximum Gasteiger partial charge on any atom is 0.471 e. The number of carbonyl (C=O) groups excluding carboxylic acids is 2. The third-order valence-corrected chi connectivity index (χ3v) is 6.49. The molecule has 1 fully saturated rings. The first kappa shape index (κ1) is 21.2. The SMILES string of the molecule is COC(=O)[C@@H]1C[C@@]2(CCc3ccccc3)c3ccccc3N(C)[C@H]2N1C(=O)C(F)(F)F. The van der Waals surface area contributed by atoms with E-state index in [4.69, 9.17) is 4.74 Å². The van der Waals surface area contributed by atoms with Crippen molar-refractivity contribution in [1.82, 2.24) is 4.90 Å². The second-order valence-corrected chi connectivity index (χ2v) is 8.10. The van der Waals surface area contributed by atoms with E-state index in [-0.39, 0.29) is 6.42 Å². The number of para-hydroxylation sites is 1. The summed E-state index contributed by atoms with van der Waals surface area (Å²) in [5.41, 5.74) is 1.83. The monoisotopic (exact) mass is 432 g/mol. The van der Waals surface area contributed by atoms with Gasteiger partial charge in [0.1, 0.15) is 12.2 Å². The number of hydrogen-bond donors (Lipinski definition) is 0. The number of rotatable bonds is 4. The fourth-order valence-corrected chi connectivity index (χ4v) is 5.24. The maximum absolute atomic E-state index is 13.6. The van der Waals surface area contributed by atoms with Gasteiger partial charge in [0.2, 0.25) is 0 Å². The average Bonchev–Trinajstić information content (AvgIpc) is 3.23. The third kappa shape index (κ3) is 3.34. The summed E-state index contributed by atoms with van der Waals surface area (Å²) in [6.45, 7) is 0. The van der Waals surface area contributed by atoms with Crippen molar-refractivity contribution >= 4 is 17.6 Å². The van der Waals surface area contributed by atoms with Crippen LogP contribution in [0.3, 0.4) is 0 Å². The van der Waals surface area contributed by atoms with E-state index in [1.807, 2.05) is 54.6 Å². The van der Waals surface area contributed by atoms with Gasteiger partial charge in [0, 0.05) is 18.2 Å². The highest BCUT2D eigenvalue weighted by Gasteiger charge is 2.65. The fraction of sp³-hybridized carbons (Fsp3) is 0.391. The minimum Gasteiger partial charge on any atom is -0.467 e. The number of fused-ring (bicyclic) bond motifs is 3. The van der Waals surface area contributed by atoms with Crippen LogP contribution in [0, 0.1) is 0 Å². The largest absolute Gasteiger partial charge is 0.471 e. The predicted octanol–water partition coefficient (Wildman–Crippen LogP) is 3.67. The number of amides is 1. The first-order valence-electron chi connectivity index (χ1n) is 10.0. The zero-order valence-corrected chi connectivity index (χ0v) is 17.2. The maximum atomic E-state index is 13.6. The van der Waals surface area contributed by atoms with E-state index in [0.29, 0.717) is 17.7 Å². The molecule has 4 rings (SSSR count). The van der Waals surface area contributed by atoms with Crippen LogP contribution in [-0.4, -0.2) is 49.3 Å². The second kappa shape index (κ2) is 7.59. The van der Waals surface area contributed by atoms with Crippen molar-refractivity contribution in [2.45, 2.75) is 43.1 Å². The molecule has 0 radical (unpaired) electrons. The number of halogens is 3. The number of anilines is 1. The minimum absolute atomic E-state index is 0.0698. The van der Waals surface area contributed by atoms with Gasteiger partial charge in [0.15, 0.2) is 0 Å². The van der Waals surface area contributed by atoms with Crippen molar-refractivity contribution in [2.75, 3.05) is 19.1 Å². The molecule has 2 aliphatic heterocycles. The summed E-state index contributed by atoms with van der Waals surface area (Å²) in [6, 6.07) is 15.7. The lowest BCUT2D eigenvalue weighted by molar-refractivity contribution is -0.190. The van der Waals surface area contributed by atoms with Crippen LogP contribution in [0.1, 0.15) is 24.0 Å². The fourth-order valence-electron chi connectivity index (χ4n) is 5.24. The van der Waals surface area contributed by atoms with Crippen LogP contribution in [0.4, 0.5) is 18.9 Å². The van der Waals surface area contributed by atoms with Gasteiger partial charge in [-0.3, -0.25) is 9.69 Å². The quantitative estimate of drug-likeness (QED) is 0.692. The Balaban J connectivity index is 1.83. The van der Waals surface area contributed by atoms with Gasteiger partial charge in [-0.05, 0) is 36.5 Å². The molecule has 0 aromatic heterocycles. The van der Waals surface area contributed by atoms with Crippen molar-refractivity contribution in [2.24, 2.45) is 0 Å². The Hall–Kier alpha value is -3.03. The number of carbonyl (C=O) groups is 2. The van der Waals surface area contributed by atoms with Gasteiger partial charge >= 0.3 is 18.1 Å². The van der Waals surface area contributed by atoms with Crippen molar-refractivity contribution in [3.8, 4) is 0 Å². The van der Waals surface area contributed by atoms with E-state index in [2.05, 4.69) is 0 Å². The van der Waals surface area contributed by atoms with Crippen LogP contribution >= 0.6 is 0 Å². The highest BCUT2D eigenvalue weighted by molar-refractivity contribution is 5.90. The molecule has 2 aliphatic rings. The molecule has 2 aromatic rings. The van der Waals surface area contributed by atoms with Crippen LogP contribution in [-0.2, 0) is 26.2 Å². The number of likely N-dealkylation sites (N-methyl/N-ethyl adjacent to an activating group) is 1. The Morgan fingerprint density at radius 2 is 1.74 bits per heavy atom. The number of esters is 1. The first-order valence-corrected chi connectivity index (χ1v) is 10.0. The number of alkyl halides is 3. The molecule has 0 N–H and O–H groups in total. The van der Waals surface area contributed by atoms with Crippen LogP contribution in [0.2, 0.25) is 0 Å². The molecule has 2 aromatic carbocycles. The van der Waals surface area contributed by atoms with Crippen LogP contribution in [0.15, 0.2) is 54.6 Å². The second-order valence-electron chi connectivity index (χ2n) is 8.10. The van der Waals surface area contributed by atoms with Crippen molar-refractivity contribution in [3.05, 3.63) is 65.7 Å². The van der Waals surface area contributed by atoms with Crippen molar-refractivity contribution in [3.63, 3.8) is 0 Å². The summed E-state index contributed by atoms with van der Waals surface area (Å²) < 4.78 is 45.5. The molecule has 0 spiro atoms. The topological polar surface area (TPSA) is 49.9 Å². The zero-order valence-electron chi connectivity index (χ0n) is 17.2. The number of likely N-dealkylation sites (tertiary alicyclic amines) is 1. The molecule has 5 nitrogen and oxygen atoms in total. The van der Waals surface area contributed by atoms with Gasteiger partial charge in [-0.25, -0.2) is 4.79 Å². The number of benzene rings is 2. The highest BCUT2D eigenvalue weighted by Crippen LogP contribution is 2.56. The predicted molar refractivity (Wildman–Crippen MR) is 108 cm³/mol. The molecule has 0 bridgehead atoms. The molecule has 0 aliphatic carbocycles. The van der Waals surface area contributed by atoms with Crippen LogP contribution in [0.25, 0.3) is 0 Å². The summed E-state index contributed by atoms with van der Waals surface area (Å²) in [5.74, 6) is -2.86. The van der Waals surface area contributed by atoms with Crippen molar-refractivity contribution in [1.29, 1.82) is 0 Å². The van der Waals surface area contributed by atoms with Gasteiger partial charge in [-0.15, -0.1) is 0 Å². The smallest absolute Gasteiger partial charge is 0.467 e. The Kier molecular flexibility index (Phi) is 5.19. The Labute approximate surface area is 178 Å². The number of methoxy groups -OCH3 is 1. The first-order chi connectivity index (χ1) is 14.7. The van der Waals surface area contributed by atoms with Gasteiger partial charge in [0.25, 0.3) is 0 Å². The van der Waals surface area contributed by atoms with E-state index in [1.165, 1.54) is 0 Å². The summed E-state index contributed by atoms with van der Waals surface area (Å²) >= 11 is 0. The summed E-state index contributed by atoms with van der Waals surface area (Å²) in [5, 5.41) is 0. The molecular weight excluding hydrogens is 409 g/mol. The molecule has 0 unspecified atom stereocenters. The van der Waals surface area contributed by atoms with Gasteiger partial charge in [-0.1, -0.05) is 48.5 Å². The Morgan fingerprint density at radius 1 is 1.10 bits per heavy atom. The van der Waals surface area contributed by atoms with Gasteiger partial charge < -0.3 is 9.64 Å². The third-order valence-electron chi connectivity index (χ3n) is 6.49. The van der Waals surface area contributed by atoms with Crippen LogP contribution < -0.4 is 4.90 Å². The van der Waals surface area contributed by atoms with E-state index in [0.717, 1.165) is 23.9 Å². The number of aryl methyl sites for hydroxylation is 1. The molecule has 2 heterocycles. The minimum atomic E-state index is -5.10. The highest BCUT2D eigenvalue weighted by atomic mass is 19.4. The lowest BCUT2D eigenvalue weighted by atomic mass is 9.74. The Morgan fingerprint density at radius 3 is 2.39 bits per heavy atom. The number of ether oxygens (including phenoxy) is 1. The van der Waals surface area contributed by atoms with Crippen LogP contribution in [0.5, 0.6) is 0 Å². The molecule has 0 saturated carbocycles. The Bertz CT molecular complexity index is 995. The molecule has 8 heteroatoms. The lowest BCUT2D eigenvalue weighted by Gasteiger charge is -2.37. The summed E-state index contributed by atoms with van der Waals surface area (Å²) in [6.07, 6.45) is -4.89. The number of nitrogens with zero attached hydrogens (tertiary/aromatic N) is 2. The van der Waals surface area contributed by atoms with Gasteiger partial charge in [0.05, 0.1) is 7.11 Å². The average molecular weight is 432 g/mol.